The molecule has 0 N–H and O–H groups in total. The Morgan fingerprint density at radius 2 is 1.84 bits per heavy atom. The van der Waals surface area contributed by atoms with Gasteiger partial charge in [0.25, 0.3) is 0 Å². The molecule has 0 radical (unpaired) electrons. The lowest BCUT2D eigenvalue weighted by molar-refractivity contribution is 0.427. The van der Waals surface area contributed by atoms with Gasteiger partial charge in [-0.15, -0.1) is 0 Å². The molecule has 1 atom stereocenters. The molecule has 0 aromatic heterocycles. The molecule has 2 aromatic carbocycles. The van der Waals surface area contributed by atoms with Gasteiger partial charge in [0.05, 0.1) is 16.5 Å². The molecule has 1 unspecified atom stereocenters. The average Bonchev–Trinajstić information content (AvgIpc) is 2.89. The molecule has 1 heterocycles. The van der Waals surface area contributed by atoms with Crippen LogP contribution in [0.15, 0.2) is 53.4 Å². The van der Waals surface area contributed by atoms with Crippen molar-refractivity contribution < 1.29 is 12.8 Å². The van der Waals surface area contributed by atoms with E-state index in [0.29, 0.717) is 36.4 Å². The van der Waals surface area contributed by atoms with E-state index in [9.17, 15) is 12.8 Å². The van der Waals surface area contributed by atoms with E-state index in [-0.39, 0.29) is 16.0 Å². The summed E-state index contributed by atoms with van der Waals surface area (Å²) in [6.07, 6.45) is 0.557. The molecule has 130 valence electrons. The fraction of sp³-hybridized carbons (Fsp3) is 0.278. The van der Waals surface area contributed by atoms with Gasteiger partial charge in [0.1, 0.15) is 5.82 Å². The van der Waals surface area contributed by atoms with Crippen molar-refractivity contribution in [3.63, 3.8) is 0 Å². The van der Waals surface area contributed by atoms with Gasteiger partial charge in [-0.05, 0) is 36.8 Å². The van der Waals surface area contributed by atoms with Crippen LogP contribution in [0.4, 0.5) is 4.39 Å². The molecule has 1 saturated heterocycles. The van der Waals surface area contributed by atoms with Gasteiger partial charge in [-0.3, -0.25) is 0 Å². The number of halogens is 1. The van der Waals surface area contributed by atoms with Crippen LogP contribution in [0.1, 0.15) is 22.8 Å². The summed E-state index contributed by atoms with van der Waals surface area (Å²) >= 11 is 1.58. The highest BCUT2D eigenvalue weighted by Gasteiger charge is 2.29. The van der Waals surface area contributed by atoms with Crippen LogP contribution in [0.5, 0.6) is 0 Å². The summed E-state index contributed by atoms with van der Waals surface area (Å²) in [5.41, 5.74) is 1.05. The summed E-state index contributed by atoms with van der Waals surface area (Å²) in [7, 11) is -3.61. The topological polar surface area (TPSA) is 61.2 Å². The van der Waals surface area contributed by atoms with Crippen LogP contribution in [-0.2, 0) is 10.0 Å². The maximum absolute atomic E-state index is 14.0. The number of rotatable bonds is 3. The van der Waals surface area contributed by atoms with Crippen molar-refractivity contribution in [3.05, 3.63) is 65.5 Å². The third kappa shape index (κ3) is 3.87. The van der Waals surface area contributed by atoms with E-state index in [1.165, 1.54) is 34.6 Å². The van der Waals surface area contributed by atoms with Crippen molar-refractivity contribution >= 4 is 21.8 Å². The van der Waals surface area contributed by atoms with Crippen LogP contribution in [-0.4, -0.2) is 31.6 Å². The number of hydrogen-bond donors (Lipinski definition) is 0. The van der Waals surface area contributed by atoms with E-state index in [1.807, 2.05) is 6.07 Å². The molecule has 1 aliphatic heterocycles. The zero-order chi connectivity index (χ0) is 17.9. The van der Waals surface area contributed by atoms with Crippen LogP contribution in [0, 0.1) is 17.1 Å². The maximum atomic E-state index is 14.0. The second-order valence-corrected chi connectivity index (χ2v) is 8.96. The normalized spacial score (nSPS) is 19.1. The minimum Gasteiger partial charge on any atom is -0.207 e. The predicted octanol–water partition coefficient (Wildman–Crippen LogP) is 3.57. The monoisotopic (exact) mass is 376 g/mol. The lowest BCUT2D eigenvalue weighted by Gasteiger charge is -2.20. The number of nitrogens with zero attached hydrogens (tertiary/aromatic N) is 2. The van der Waals surface area contributed by atoms with Gasteiger partial charge in [0, 0.05) is 29.7 Å². The number of hydrogen-bond acceptors (Lipinski definition) is 4. The van der Waals surface area contributed by atoms with Gasteiger partial charge >= 0.3 is 0 Å². The highest BCUT2D eigenvalue weighted by Crippen LogP contribution is 2.36. The third-order valence-corrected chi connectivity index (χ3v) is 7.40. The molecule has 4 nitrogen and oxygen atoms in total. The highest BCUT2D eigenvalue weighted by atomic mass is 32.2. The molecule has 7 heteroatoms. The highest BCUT2D eigenvalue weighted by molar-refractivity contribution is 7.99. The zero-order valence-corrected chi connectivity index (χ0v) is 15.1. The predicted molar refractivity (Wildman–Crippen MR) is 96.1 cm³/mol. The summed E-state index contributed by atoms with van der Waals surface area (Å²) in [6, 6.07) is 14.6. The van der Waals surface area contributed by atoms with Gasteiger partial charge in [-0.2, -0.15) is 21.3 Å². The lowest BCUT2D eigenvalue weighted by atomic mass is 10.1. The van der Waals surface area contributed by atoms with Gasteiger partial charge in [0.15, 0.2) is 0 Å². The molecule has 0 saturated carbocycles. The van der Waals surface area contributed by atoms with E-state index in [1.54, 1.807) is 30.0 Å². The summed E-state index contributed by atoms with van der Waals surface area (Å²) in [6.45, 7) is 0.728. The molecular formula is C18H17FN2O2S2. The fourth-order valence-electron chi connectivity index (χ4n) is 2.83. The molecule has 2 aromatic rings. The second kappa shape index (κ2) is 7.56. The molecule has 3 rings (SSSR count). The average molecular weight is 376 g/mol. The Bertz CT molecular complexity index is 892. The molecule has 1 aliphatic rings. The molecule has 0 bridgehead atoms. The Balaban J connectivity index is 1.78. The van der Waals surface area contributed by atoms with Crippen molar-refractivity contribution in [2.45, 2.75) is 16.6 Å². The minimum atomic E-state index is -3.61. The summed E-state index contributed by atoms with van der Waals surface area (Å²) in [5.74, 6) is 0.359. The van der Waals surface area contributed by atoms with Crippen molar-refractivity contribution in [1.29, 1.82) is 5.26 Å². The SMILES string of the molecule is N#Cc1ccc(S(=O)(=O)N2CCSC(c3ccccc3F)CC2)cc1. The first kappa shape index (κ1) is 17.9. The largest absolute Gasteiger partial charge is 0.243 e. The summed E-state index contributed by atoms with van der Waals surface area (Å²) in [4.78, 5) is 0.181. The smallest absolute Gasteiger partial charge is 0.207 e. The van der Waals surface area contributed by atoms with E-state index < -0.39 is 10.0 Å². The Morgan fingerprint density at radius 1 is 1.12 bits per heavy atom. The molecule has 0 amide bonds. The third-order valence-electron chi connectivity index (χ3n) is 4.17. The molecular weight excluding hydrogens is 359 g/mol. The van der Waals surface area contributed by atoms with Crippen molar-refractivity contribution in [2.24, 2.45) is 0 Å². The Hall–Kier alpha value is -1.88. The first-order chi connectivity index (χ1) is 12.0. The lowest BCUT2D eigenvalue weighted by Crippen LogP contribution is -2.33. The number of benzene rings is 2. The number of nitriles is 1. The maximum Gasteiger partial charge on any atom is 0.243 e. The zero-order valence-electron chi connectivity index (χ0n) is 13.4. The van der Waals surface area contributed by atoms with E-state index >= 15 is 0 Å². The first-order valence-corrected chi connectivity index (χ1v) is 10.4. The fourth-order valence-corrected chi connectivity index (χ4v) is 5.65. The molecule has 0 spiro atoms. The Kier molecular flexibility index (Phi) is 5.42. The summed E-state index contributed by atoms with van der Waals surface area (Å²) in [5, 5.41) is 8.78. The molecule has 25 heavy (non-hydrogen) atoms. The van der Waals surface area contributed by atoms with Crippen LogP contribution < -0.4 is 0 Å². The molecule has 0 aliphatic carbocycles. The van der Waals surface area contributed by atoms with Gasteiger partial charge in [-0.1, -0.05) is 18.2 Å². The van der Waals surface area contributed by atoms with Gasteiger partial charge in [-0.25, -0.2) is 12.8 Å². The van der Waals surface area contributed by atoms with Crippen LogP contribution in [0.25, 0.3) is 0 Å². The standard InChI is InChI=1S/C18H17FN2O2S2/c19-17-4-2-1-3-16(17)18-9-10-21(11-12-24-18)25(22,23)15-7-5-14(13-20)6-8-15/h1-8,18H,9-12H2. The van der Waals surface area contributed by atoms with Gasteiger partial charge < -0.3 is 0 Å². The van der Waals surface area contributed by atoms with Gasteiger partial charge in [0.2, 0.25) is 10.0 Å². The summed E-state index contributed by atoms with van der Waals surface area (Å²) < 4.78 is 41.1. The number of thioether (sulfide) groups is 1. The first-order valence-electron chi connectivity index (χ1n) is 7.89. The second-order valence-electron chi connectivity index (χ2n) is 5.71. The minimum absolute atomic E-state index is 0.0534. The van der Waals surface area contributed by atoms with Crippen molar-refractivity contribution in [3.8, 4) is 6.07 Å². The van der Waals surface area contributed by atoms with E-state index in [4.69, 9.17) is 5.26 Å². The van der Waals surface area contributed by atoms with Crippen LogP contribution >= 0.6 is 11.8 Å². The van der Waals surface area contributed by atoms with Crippen molar-refractivity contribution in [1.82, 2.24) is 4.31 Å². The quantitative estimate of drug-likeness (QED) is 0.822. The van der Waals surface area contributed by atoms with Crippen LogP contribution in [0.3, 0.4) is 0 Å². The van der Waals surface area contributed by atoms with E-state index in [2.05, 4.69) is 0 Å². The van der Waals surface area contributed by atoms with Crippen molar-refractivity contribution in [2.75, 3.05) is 18.8 Å². The molecule has 1 fully saturated rings. The number of sulfonamides is 1. The van der Waals surface area contributed by atoms with Crippen LogP contribution in [0.2, 0.25) is 0 Å². The van der Waals surface area contributed by atoms with E-state index in [0.717, 1.165) is 0 Å². The Morgan fingerprint density at radius 3 is 2.52 bits per heavy atom. The Labute approximate surface area is 151 Å².